The fraction of sp³-hybridized carbons (Fsp3) is 0.913. The summed E-state index contributed by atoms with van der Waals surface area (Å²) in [5.41, 5.74) is 0. The van der Waals surface area contributed by atoms with E-state index in [2.05, 4.69) is 43.1 Å². The van der Waals surface area contributed by atoms with Gasteiger partial charge < -0.3 is 14.5 Å². The van der Waals surface area contributed by atoms with Crippen LogP contribution in [0.25, 0.3) is 0 Å². The molecule has 1 aliphatic heterocycles. The molecule has 1 atom stereocenters. The highest BCUT2D eigenvalue weighted by atomic mass is 16.5. The zero-order valence-corrected chi connectivity index (χ0v) is 18.1. The molecule has 0 aliphatic carbocycles. The first kappa shape index (κ1) is 23.3. The van der Waals surface area contributed by atoms with E-state index in [4.69, 9.17) is 4.74 Å². The van der Waals surface area contributed by atoms with Crippen molar-refractivity contribution in [1.82, 2.24) is 9.80 Å². The third-order valence-corrected chi connectivity index (χ3v) is 5.47. The van der Waals surface area contributed by atoms with E-state index in [0.29, 0.717) is 6.04 Å². The summed E-state index contributed by atoms with van der Waals surface area (Å²) >= 11 is 0. The third kappa shape index (κ3) is 12.6. The zero-order valence-electron chi connectivity index (χ0n) is 18.1. The SMILES string of the molecule is CCCCCCCCCCCCCCCCOCC(C)N1C=CN(C)C1. The van der Waals surface area contributed by atoms with Crippen LogP contribution in [0, 0.1) is 0 Å². The van der Waals surface area contributed by atoms with Gasteiger partial charge in [-0.3, -0.25) is 0 Å². The maximum absolute atomic E-state index is 5.86. The van der Waals surface area contributed by atoms with E-state index in [1.54, 1.807) is 0 Å². The molecule has 1 aliphatic rings. The van der Waals surface area contributed by atoms with E-state index < -0.39 is 0 Å². The lowest BCUT2D eigenvalue weighted by atomic mass is 10.0. The van der Waals surface area contributed by atoms with Crippen LogP contribution in [0.15, 0.2) is 12.4 Å². The van der Waals surface area contributed by atoms with Gasteiger partial charge in [-0.2, -0.15) is 0 Å². The van der Waals surface area contributed by atoms with Gasteiger partial charge in [0, 0.05) is 26.1 Å². The molecule has 0 aromatic rings. The highest BCUT2D eigenvalue weighted by molar-refractivity contribution is 4.91. The molecule has 1 heterocycles. The topological polar surface area (TPSA) is 15.7 Å². The van der Waals surface area contributed by atoms with Crippen molar-refractivity contribution in [2.45, 2.75) is 110 Å². The Kier molecular flexibility index (Phi) is 14.8. The number of unbranched alkanes of at least 4 members (excludes halogenated alkanes) is 13. The van der Waals surface area contributed by atoms with Crippen LogP contribution in [0.3, 0.4) is 0 Å². The van der Waals surface area contributed by atoms with Gasteiger partial charge in [-0.15, -0.1) is 0 Å². The quantitative estimate of drug-likeness (QED) is 0.256. The highest BCUT2D eigenvalue weighted by Crippen LogP contribution is 2.13. The Morgan fingerprint density at radius 2 is 1.27 bits per heavy atom. The van der Waals surface area contributed by atoms with Crippen molar-refractivity contribution in [3.05, 3.63) is 12.4 Å². The molecular formula is C23H46N2O. The lowest BCUT2D eigenvalue weighted by molar-refractivity contribution is 0.0767. The number of ether oxygens (including phenoxy) is 1. The fourth-order valence-corrected chi connectivity index (χ4v) is 3.59. The summed E-state index contributed by atoms with van der Waals surface area (Å²) in [6.07, 6.45) is 24.1. The Balaban J connectivity index is 1.73. The predicted octanol–water partition coefficient (Wildman–Crippen LogP) is 6.55. The molecule has 0 radical (unpaired) electrons. The predicted molar refractivity (Wildman–Crippen MR) is 114 cm³/mol. The van der Waals surface area contributed by atoms with Gasteiger partial charge >= 0.3 is 0 Å². The monoisotopic (exact) mass is 366 g/mol. The van der Waals surface area contributed by atoms with Crippen molar-refractivity contribution in [3.63, 3.8) is 0 Å². The lowest BCUT2D eigenvalue weighted by Crippen LogP contribution is -2.34. The smallest absolute Gasteiger partial charge is 0.0894 e. The van der Waals surface area contributed by atoms with E-state index in [0.717, 1.165) is 19.9 Å². The second-order valence-electron chi connectivity index (χ2n) is 8.23. The summed E-state index contributed by atoms with van der Waals surface area (Å²) in [7, 11) is 2.11. The Morgan fingerprint density at radius 1 is 0.769 bits per heavy atom. The highest BCUT2D eigenvalue weighted by Gasteiger charge is 2.14. The van der Waals surface area contributed by atoms with Crippen LogP contribution in [0.5, 0.6) is 0 Å². The molecule has 1 unspecified atom stereocenters. The van der Waals surface area contributed by atoms with Crippen molar-refractivity contribution >= 4 is 0 Å². The molecule has 0 fully saturated rings. The van der Waals surface area contributed by atoms with Crippen molar-refractivity contribution < 1.29 is 4.74 Å². The largest absolute Gasteiger partial charge is 0.379 e. The van der Waals surface area contributed by atoms with E-state index in [1.807, 2.05) is 0 Å². The molecule has 0 spiro atoms. The molecule has 26 heavy (non-hydrogen) atoms. The summed E-state index contributed by atoms with van der Waals surface area (Å²) in [5.74, 6) is 0. The van der Waals surface area contributed by atoms with Gasteiger partial charge in [0.25, 0.3) is 0 Å². The standard InChI is InChI=1S/C23H46N2O/c1-4-5-6-7-8-9-10-11-12-13-14-15-16-17-20-26-21-23(2)25-19-18-24(3)22-25/h18-19,23H,4-17,20-22H2,1-3H3. The van der Waals surface area contributed by atoms with Crippen LogP contribution in [0.2, 0.25) is 0 Å². The van der Waals surface area contributed by atoms with Crippen molar-refractivity contribution in [3.8, 4) is 0 Å². The molecule has 0 saturated heterocycles. The lowest BCUT2D eigenvalue weighted by Gasteiger charge is -2.25. The molecule has 0 N–H and O–H groups in total. The molecule has 154 valence electrons. The first-order chi connectivity index (χ1) is 12.7. The Hall–Kier alpha value is -0.700. The number of hydrogen-bond acceptors (Lipinski definition) is 3. The summed E-state index contributed by atoms with van der Waals surface area (Å²) in [5, 5.41) is 0. The van der Waals surface area contributed by atoms with Crippen LogP contribution in [-0.4, -0.2) is 42.8 Å². The Bertz CT molecular complexity index is 332. The summed E-state index contributed by atoms with van der Waals surface area (Å²) < 4.78 is 5.86. The fourth-order valence-electron chi connectivity index (χ4n) is 3.59. The second-order valence-corrected chi connectivity index (χ2v) is 8.23. The van der Waals surface area contributed by atoms with Crippen LogP contribution in [0.1, 0.15) is 104 Å². The average Bonchev–Trinajstić information content (AvgIpc) is 3.07. The van der Waals surface area contributed by atoms with Crippen LogP contribution in [-0.2, 0) is 4.74 Å². The second kappa shape index (κ2) is 16.5. The Labute approximate surface area is 164 Å². The van der Waals surface area contributed by atoms with Crippen molar-refractivity contribution in [2.24, 2.45) is 0 Å². The van der Waals surface area contributed by atoms with E-state index in [1.165, 1.54) is 89.9 Å². The van der Waals surface area contributed by atoms with Crippen molar-refractivity contribution in [1.29, 1.82) is 0 Å². The maximum atomic E-state index is 5.86. The van der Waals surface area contributed by atoms with Gasteiger partial charge in [0.15, 0.2) is 0 Å². The average molecular weight is 367 g/mol. The molecule has 0 saturated carbocycles. The minimum absolute atomic E-state index is 0.475. The van der Waals surface area contributed by atoms with Gasteiger partial charge in [-0.05, 0) is 13.3 Å². The van der Waals surface area contributed by atoms with Gasteiger partial charge in [0.2, 0.25) is 0 Å². The molecular weight excluding hydrogens is 320 g/mol. The number of nitrogens with zero attached hydrogens (tertiary/aromatic N) is 2. The Morgan fingerprint density at radius 3 is 1.73 bits per heavy atom. The number of rotatable bonds is 18. The van der Waals surface area contributed by atoms with Gasteiger partial charge in [-0.25, -0.2) is 0 Å². The minimum atomic E-state index is 0.475. The maximum Gasteiger partial charge on any atom is 0.0894 e. The van der Waals surface area contributed by atoms with Gasteiger partial charge in [-0.1, -0.05) is 90.4 Å². The van der Waals surface area contributed by atoms with E-state index in [-0.39, 0.29) is 0 Å². The summed E-state index contributed by atoms with van der Waals surface area (Å²) in [6.45, 7) is 7.30. The van der Waals surface area contributed by atoms with Crippen LogP contribution >= 0.6 is 0 Å². The van der Waals surface area contributed by atoms with Crippen LogP contribution < -0.4 is 0 Å². The molecule has 3 nitrogen and oxygen atoms in total. The van der Waals surface area contributed by atoms with Gasteiger partial charge in [0.05, 0.1) is 19.3 Å². The molecule has 0 aromatic heterocycles. The first-order valence-corrected chi connectivity index (χ1v) is 11.5. The molecule has 0 aromatic carbocycles. The molecule has 3 heteroatoms. The molecule has 1 rings (SSSR count). The summed E-state index contributed by atoms with van der Waals surface area (Å²) in [4.78, 5) is 4.54. The zero-order chi connectivity index (χ0) is 18.9. The molecule has 0 amide bonds. The summed E-state index contributed by atoms with van der Waals surface area (Å²) in [6, 6.07) is 0.475. The normalized spacial score (nSPS) is 15.2. The van der Waals surface area contributed by atoms with E-state index >= 15 is 0 Å². The number of hydrogen-bond donors (Lipinski definition) is 0. The first-order valence-electron chi connectivity index (χ1n) is 11.5. The van der Waals surface area contributed by atoms with Gasteiger partial charge in [0.1, 0.15) is 0 Å². The molecule has 0 bridgehead atoms. The van der Waals surface area contributed by atoms with E-state index in [9.17, 15) is 0 Å². The minimum Gasteiger partial charge on any atom is -0.379 e. The van der Waals surface area contributed by atoms with Crippen LogP contribution in [0.4, 0.5) is 0 Å². The third-order valence-electron chi connectivity index (χ3n) is 5.47. The van der Waals surface area contributed by atoms with Crippen molar-refractivity contribution in [2.75, 3.05) is 26.9 Å².